The summed E-state index contributed by atoms with van der Waals surface area (Å²) in [6.45, 7) is 3.49. The smallest absolute Gasteiger partial charge is 0.192 e. The summed E-state index contributed by atoms with van der Waals surface area (Å²) in [6, 6.07) is 5.33. The van der Waals surface area contributed by atoms with Crippen molar-refractivity contribution in [2.24, 2.45) is 0 Å². The predicted molar refractivity (Wildman–Crippen MR) is 73.8 cm³/mol. The SMILES string of the molecule is Cc1nc2ccc(C(=O)CN3CCC(=O)CC3)cc2o1. The molecule has 0 saturated carbocycles. The Morgan fingerprint density at radius 2 is 2.10 bits per heavy atom. The number of carbonyl (C=O) groups excluding carboxylic acids is 2. The minimum Gasteiger partial charge on any atom is -0.441 e. The van der Waals surface area contributed by atoms with Gasteiger partial charge in [-0.3, -0.25) is 14.5 Å². The molecule has 0 radical (unpaired) electrons. The number of hydrogen-bond acceptors (Lipinski definition) is 5. The molecule has 1 aliphatic rings. The molecule has 2 heterocycles. The number of fused-ring (bicyclic) bond motifs is 1. The van der Waals surface area contributed by atoms with Gasteiger partial charge in [0.15, 0.2) is 17.3 Å². The van der Waals surface area contributed by atoms with Gasteiger partial charge in [0.1, 0.15) is 11.3 Å². The van der Waals surface area contributed by atoms with E-state index in [0.29, 0.717) is 49.5 Å². The maximum Gasteiger partial charge on any atom is 0.192 e. The van der Waals surface area contributed by atoms with Crippen LogP contribution >= 0.6 is 0 Å². The lowest BCUT2D eigenvalue weighted by Gasteiger charge is -2.24. The van der Waals surface area contributed by atoms with Crippen LogP contribution in [-0.2, 0) is 4.79 Å². The molecule has 1 aromatic heterocycles. The summed E-state index contributed by atoms with van der Waals surface area (Å²) in [4.78, 5) is 29.7. The summed E-state index contributed by atoms with van der Waals surface area (Å²) in [5.74, 6) is 0.932. The van der Waals surface area contributed by atoms with Crippen molar-refractivity contribution < 1.29 is 14.0 Å². The molecule has 20 heavy (non-hydrogen) atoms. The predicted octanol–water partition coefficient (Wildman–Crippen LogP) is 1.98. The zero-order valence-corrected chi connectivity index (χ0v) is 11.4. The van der Waals surface area contributed by atoms with Crippen LogP contribution in [0.1, 0.15) is 29.1 Å². The van der Waals surface area contributed by atoms with Crippen molar-refractivity contribution in [3.8, 4) is 0 Å². The Kier molecular flexibility index (Phi) is 3.36. The fraction of sp³-hybridized carbons (Fsp3) is 0.400. The van der Waals surface area contributed by atoms with E-state index in [0.717, 1.165) is 5.52 Å². The number of carbonyl (C=O) groups is 2. The molecular formula is C15H16N2O3. The van der Waals surface area contributed by atoms with Crippen molar-refractivity contribution in [3.05, 3.63) is 29.7 Å². The Labute approximate surface area is 116 Å². The molecule has 0 atom stereocenters. The highest BCUT2D eigenvalue weighted by Gasteiger charge is 2.19. The van der Waals surface area contributed by atoms with Crippen LogP contribution in [0.25, 0.3) is 11.1 Å². The monoisotopic (exact) mass is 272 g/mol. The molecule has 0 amide bonds. The van der Waals surface area contributed by atoms with Gasteiger partial charge in [-0.05, 0) is 18.2 Å². The molecule has 0 N–H and O–H groups in total. The first-order valence-electron chi connectivity index (χ1n) is 6.76. The maximum absolute atomic E-state index is 12.3. The number of nitrogens with zero attached hydrogens (tertiary/aromatic N) is 2. The number of benzene rings is 1. The number of likely N-dealkylation sites (tertiary alicyclic amines) is 1. The van der Waals surface area contributed by atoms with Gasteiger partial charge in [0, 0.05) is 38.4 Å². The molecule has 3 rings (SSSR count). The number of Topliss-reactive ketones (excluding diaryl/α,β-unsaturated/α-hetero) is 2. The van der Waals surface area contributed by atoms with Gasteiger partial charge in [0.25, 0.3) is 0 Å². The highest BCUT2D eigenvalue weighted by atomic mass is 16.3. The lowest BCUT2D eigenvalue weighted by molar-refractivity contribution is -0.121. The van der Waals surface area contributed by atoms with Crippen molar-refractivity contribution in [3.63, 3.8) is 0 Å². The van der Waals surface area contributed by atoms with Crippen LogP contribution in [0.15, 0.2) is 22.6 Å². The number of oxazole rings is 1. The Bertz CT molecular complexity index is 665. The van der Waals surface area contributed by atoms with Crippen LogP contribution in [0.5, 0.6) is 0 Å². The first-order chi connectivity index (χ1) is 9.61. The molecule has 0 bridgehead atoms. The molecule has 2 aromatic rings. The van der Waals surface area contributed by atoms with Gasteiger partial charge in [-0.25, -0.2) is 4.98 Å². The van der Waals surface area contributed by atoms with Gasteiger partial charge >= 0.3 is 0 Å². The highest BCUT2D eigenvalue weighted by Crippen LogP contribution is 2.17. The third-order valence-electron chi connectivity index (χ3n) is 3.60. The van der Waals surface area contributed by atoms with Crippen LogP contribution in [0.4, 0.5) is 0 Å². The van der Waals surface area contributed by atoms with E-state index in [1.807, 2.05) is 4.90 Å². The van der Waals surface area contributed by atoms with Crippen molar-refractivity contribution in [2.75, 3.05) is 19.6 Å². The third-order valence-corrected chi connectivity index (χ3v) is 3.60. The second-order valence-corrected chi connectivity index (χ2v) is 5.15. The largest absolute Gasteiger partial charge is 0.441 e. The molecule has 104 valence electrons. The molecule has 1 fully saturated rings. The second-order valence-electron chi connectivity index (χ2n) is 5.15. The first-order valence-corrected chi connectivity index (χ1v) is 6.76. The summed E-state index contributed by atoms with van der Waals surface area (Å²) in [7, 11) is 0. The first kappa shape index (κ1) is 13.0. The van der Waals surface area contributed by atoms with Crippen molar-refractivity contribution in [2.45, 2.75) is 19.8 Å². The summed E-state index contributed by atoms with van der Waals surface area (Å²) in [5.41, 5.74) is 2.04. The van der Waals surface area contributed by atoms with E-state index in [2.05, 4.69) is 4.98 Å². The number of piperidine rings is 1. The Morgan fingerprint density at radius 1 is 1.35 bits per heavy atom. The van der Waals surface area contributed by atoms with Gasteiger partial charge in [-0.1, -0.05) is 0 Å². The number of hydrogen-bond donors (Lipinski definition) is 0. The lowest BCUT2D eigenvalue weighted by Crippen LogP contribution is -2.37. The van der Waals surface area contributed by atoms with Gasteiger partial charge in [-0.2, -0.15) is 0 Å². The number of ketones is 2. The summed E-state index contributed by atoms with van der Waals surface area (Å²) in [5, 5.41) is 0. The minimum absolute atomic E-state index is 0.0512. The van der Waals surface area contributed by atoms with Crippen LogP contribution < -0.4 is 0 Å². The summed E-state index contributed by atoms with van der Waals surface area (Å²) in [6.07, 6.45) is 1.10. The maximum atomic E-state index is 12.3. The Hall–Kier alpha value is -2.01. The van der Waals surface area contributed by atoms with E-state index in [9.17, 15) is 9.59 Å². The standard InChI is InChI=1S/C15H16N2O3/c1-10-16-13-3-2-11(8-15(13)20-10)14(19)9-17-6-4-12(18)5-7-17/h2-3,8H,4-7,9H2,1H3. The number of rotatable bonds is 3. The van der Waals surface area contributed by atoms with Crippen LogP contribution in [-0.4, -0.2) is 41.1 Å². The van der Waals surface area contributed by atoms with E-state index < -0.39 is 0 Å². The molecule has 5 heteroatoms. The Morgan fingerprint density at radius 3 is 2.85 bits per heavy atom. The quantitative estimate of drug-likeness (QED) is 0.799. The zero-order valence-electron chi connectivity index (χ0n) is 11.4. The normalized spacial score (nSPS) is 16.8. The van der Waals surface area contributed by atoms with Gasteiger partial charge < -0.3 is 4.42 Å². The molecule has 0 unspecified atom stereocenters. The van der Waals surface area contributed by atoms with E-state index in [-0.39, 0.29) is 11.6 Å². The van der Waals surface area contributed by atoms with E-state index in [1.54, 1.807) is 25.1 Å². The van der Waals surface area contributed by atoms with Crippen molar-refractivity contribution in [1.82, 2.24) is 9.88 Å². The molecule has 1 saturated heterocycles. The van der Waals surface area contributed by atoms with Crippen molar-refractivity contribution >= 4 is 22.7 Å². The van der Waals surface area contributed by atoms with E-state index >= 15 is 0 Å². The van der Waals surface area contributed by atoms with Crippen LogP contribution in [0.2, 0.25) is 0 Å². The number of aromatic nitrogens is 1. The highest BCUT2D eigenvalue weighted by molar-refractivity contribution is 6.00. The summed E-state index contributed by atoms with van der Waals surface area (Å²) >= 11 is 0. The zero-order chi connectivity index (χ0) is 14.1. The average molecular weight is 272 g/mol. The molecular weight excluding hydrogens is 256 g/mol. The third kappa shape index (κ3) is 2.63. The van der Waals surface area contributed by atoms with Crippen LogP contribution in [0, 0.1) is 6.92 Å². The van der Waals surface area contributed by atoms with E-state index in [1.165, 1.54) is 0 Å². The van der Waals surface area contributed by atoms with Crippen molar-refractivity contribution in [1.29, 1.82) is 0 Å². The molecule has 0 aliphatic carbocycles. The second kappa shape index (κ2) is 5.17. The molecule has 1 aliphatic heterocycles. The molecule has 1 aromatic carbocycles. The Balaban J connectivity index is 1.73. The number of aryl methyl sites for hydroxylation is 1. The lowest BCUT2D eigenvalue weighted by atomic mass is 10.1. The molecule has 0 spiro atoms. The van der Waals surface area contributed by atoms with Gasteiger partial charge in [0.2, 0.25) is 0 Å². The average Bonchev–Trinajstić information content (AvgIpc) is 2.80. The van der Waals surface area contributed by atoms with Gasteiger partial charge in [0.05, 0.1) is 6.54 Å². The van der Waals surface area contributed by atoms with E-state index in [4.69, 9.17) is 4.42 Å². The fourth-order valence-electron chi connectivity index (χ4n) is 2.47. The fourth-order valence-corrected chi connectivity index (χ4v) is 2.47. The molecule has 5 nitrogen and oxygen atoms in total. The topological polar surface area (TPSA) is 63.4 Å². The van der Waals surface area contributed by atoms with Crippen LogP contribution in [0.3, 0.4) is 0 Å². The minimum atomic E-state index is 0.0512. The van der Waals surface area contributed by atoms with Gasteiger partial charge in [-0.15, -0.1) is 0 Å². The summed E-state index contributed by atoms with van der Waals surface area (Å²) < 4.78 is 5.44.